The van der Waals surface area contributed by atoms with E-state index in [1.165, 1.54) is 17.6 Å². The molecule has 5 nitrogen and oxygen atoms in total. The second-order valence-electron chi connectivity index (χ2n) is 5.10. The molecular formula is C15H22N2O3S. The van der Waals surface area contributed by atoms with E-state index in [1.807, 2.05) is 6.92 Å². The summed E-state index contributed by atoms with van der Waals surface area (Å²) in [5, 5.41) is 11.0. The largest absolute Gasteiger partial charge is 0.624 e. The first-order chi connectivity index (χ1) is 9.77. The monoisotopic (exact) mass is 310 g/mol. The molecule has 0 aliphatic heterocycles. The SMILES string of the molecule is C=CCN(CC(C)/C=[N+](/C)[O-])S(=O)(=O)c1ccc(C)cc1. The van der Waals surface area contributed by atoms with Crippen molar-refractivity contribution in [2.75, 3.05) is 20.1 Å². The number of hydrogen-bond donors (Lipinski definition) is 0. The van der Waals surface area contributed by atoms with Gasteiger partial charge in [-0.25, -0.2) is 13.2 Å². The van der Waals surface area contributed by atoms with Crippen LogP contribution < -0.4 is 0 Å². The minimum Gasteiger partial charge on any atom is -0.624 e. The van der Waals surface area contributed by atoms with Crippen molar-refractivity contribution in [3.05, 3.63) is 47.7 Å². The maximum absolute atomic E-state index is 12.6. The van der Waals surface area contributed by atoms with Crippen LogP contribution in [0.3, 0.4) is 0 Å². The normalized spacial score (nSPS) is 14.2. The Morgan fingerprint density at radius 3 is 2.43 bits per heavy atom. The predicted octanol–water partition coefficient (Wildman–Crippen LogP) is 2.02. The van der Waals surface area contributed by atoms with Crippen LogP contribution in [0.5, 0.6) is 0 Å². The Morgan fingerprint density at radius 2 is 1.95 bits per heavy atom. The van der Waals surface area contributed by atoms with Gasteiger partial charge in [0.1, 0.15) is 7.05 Å². The zero-order valence-corrected chi connectivity index (χ0v) is 13.5. The van der Waals surface area contributed by atoms with Gasteiger partial charge in [-0.05, 0) is 19.1 Å². The highest BCUT2D eigenvalue weighted by molar-refractivity contribution is 7.89. The molecule has 0 amide bonds. The van der Waals surface area contributed by atoms with Gasteiger partial charge in [0.05, 0.1) is 4.90 Å². The number of benzene rings is 1. The fourth-order valence-corrected chi connectivity index (χ4v) is 3.51. The lowest BCUT2D eigenvalue weighted by atomic mass is 10.2. The first kappa shape index (κ1) is 17.4. The molecule has 1 atom stereocenters. The number of hydroxylamine groups is 1. The maximum atomic E-state index is 12.6. The van der Waals surface area contributed by atoms with Gasteiger partial charge in [0.15, 0.2) is 6.21 Å². The molecule has 1 aromatic carbocycles. The van der Waals surface area contributed by atoms with Crippen molar-refractivity contribution in [1.82, 2.24) is 4.31 Å². The van der Waals surface area contributed by atoms with E-state index in [9.17, 15) is 13.6 Å². The van der Waals surface area contributed by atoms with Crippen LogP contribution in [0.15, 0.2) is 41.8 Å². The van der Waals surface area contributed by atoms with Crippen molar-refractivity contribution in [2.24, 2.45) is 5.92 Å². The van der Waals surface area contributed by atoms with Gasteiger partial charge in [-0.2, -0.15) is 4.31 Å². The highest BCUT2D eigenvalue weighted by Gasteiger charge is 2.25. The molecule has 116 valence electrons. The smallest absolute Gasteiger partial charge is 0.243 e. The Labute approximate surface area is 126 Å². The third kappa shape index (κ3) is 4.99. The van der Waals surface area contributed by atoms with Crippen LogP contribution in [0.4, 0.5) is 0 Å². The van der Waals surface area contributed by atoms with Gasteiger partial charge >= 0.3 is 0 Å². The van der Waals surface area contributed by atoms with E-state index in [0.29, 0.717) is 4.74 Å². The molecule has 6 heteroatoms. The van der Waals surface area contributed by atoms with Gasteiger partial charge in [0, 0.05) is 19.0 Å². The molecular weight excluding hydrogens is 288 g/mol. The highest BCUT2D eigenvalue weighted by atomic mass is 32.2. The third-order valence-corrected chi connectivity index (χ3v) is 4.79. The summed E-state index contributed by atoms with van der Waals surface area (Å²) in [6.07, 6.45) is 2.99. The fraction of sp³-hybridized carbons (Fsp3) is 0.400. The zero-order chi connectivity index (χ0) is 16.0. The molecule has 1 unspecified atom stereocenters. The summed E-state index contributed by atoms with van der Waals surface area (Å²) in [6, 6.07) is 6.71. The van der Waals surface area contributed by atoms with E-state index in [0.717, 1.165) is 5.56 Å². The molecule has 0 bridgehead atoms. The molecule has 0 fully saturated rings. The molecule has 0 N–H and O–H groups in total. The van der Waals surface area contributed by atoms with E-state index in [-0.39, 0.29) is 23.9 Å². The Balaban J connectivity index is 3.05. The van der Waals surface area contributed by atoms with E-state index in [4.69, 9.17) is 0 Å². The number of sulfonamides is 1. The van der Waals surface area contributed by atoms with Crippen LogP contribution in [-0.2, 0) is 10.0 Å². The van der Waals surface area contributed by atoms with Crippen molar-refractivity contribution in [3.8, 4) is 0 Å². The average molecular weight is 310 g/mol. The number of rotatable bonds is 7. The van der Waals surface area contributed by atoms with Gasteiger partial charge in [0.2, 0.25) is 10.0 Å². The van der Waals surface area contributed by atoms with Crippen LogP contribution in [0.1, 0.15) is 12.5 Å². The molecule has 0 saturated heterocycles. The molecule has 1 rings (SSSR count). The summed E-state index contributed by atoms with van der Waals surface area (Å²) in [6.45, 7) is 7.74. The van der Waals surface area contributed by atoms with Crippen molar-refractivity contribution >= 4 is 16.2 Å². The third-order valence-electron chi connectivity index (χ3n) is 2.95. The predicted molar refractivity (Wildman–Crippen MR) is 84.9 cm³/mol. The summed E-state index contributed by atoms with van der Waals surface area (Å²) in [5.41, 5.74) is 0.999. The van der Waals surface area contributed by atoms with Crippen LogP contribution in [0, 0.1) is 18.0 Å². The quantitative estimate of drug-likeness (QED) is 0.254. The van der Waals surface area contributed by atoms with Gasteiger partial charge in [0.25, 0.3) is 0 Å². The topological polar surface area (TPSA) is 63.4 Å². The Kier molecular flexibility index (Phi) is 6.11. The molecule has 0 spiro atoms. The second-order valence-corrected chi connectivity index (χ2v) is 7.03. The molecule has 0 heterocycles. The van der Waals surface area contributed by atoms with E-state index < -0.39 is 10.0 Å². The summed E-state index contributed by atoms with van der Waals surface area (Å²) in [7, 11) is -2.21. The van der Waals surface area contributed by atoms with Crippen molar-refractivity contribution in [2.45, 2.75) is 18.7 Å². The zero-order valence-electron chi connectivity index (χ0n) is 12.7. The summed E-state index contributed by atoms with van der Waals surface area (Å²) < 4.78 is 27.3. The lowest BCUT2D eigenvalue weighted by Gasteiger charge is -2.22. The summed E-state index contributed by atoms with van der Waals surface area (Å²) in [4.78, 5) is 0.248. The standard InChI is InChI=1S/C15H22N2O3S/c1-5-10-17(12-14(3)11-16(4)18)21(19,20)15-8-6-13(2)7-9-15/h5-9,11,14H,1,10,12H2,2-4H3/b16-11-. The van der Waals surface area contributed by atoms with Gasteiger partial charge < -0.3 is 5.21 Å². The Bertz CT molecular complexity index is 602. The highest BCUT2D eigenvalue weighted by Crippen LogP contribution is 2.17. The fourth-order valence-electron chi connectivity index (χ4n) is 2.00. The average Bonchev–Trinajstić information content (AvgIpc) is 2.37. The molecule has 0 radical (unpaired) electrons. The lowest BCUT2D eigenvalue weighted by Crippen LogP contribution is -2.35. The molecule has 21 heavy (non-hydrogen) atoms. The van der Waals surface area contributed by atoms with E-state index >= 15 is 0 Å². The first-order valence-electron chi connectivity index (χ1n) is 6.70. The van der Waals surface area contributed by atoms with Gasteiger partial charge in [-0.1, -0.05) is 30.7 Å². The summed E-state index contributed by atoms with van der Waals surface area (Å²) in [5.74, 6) is -0.187. The van der Waals surface area contributed by atoms with Crippen LogP contribution in [0.25, 0.3) is 0 Å². The Morgan fingerprint density at radius 1 is 1.38 bits per heavy atom. The molecule has 0 saturated carbocycles. The number of aryl methyl sites for hydroxylation is 1. The summed E-state index contributed by atoms with van der Waals surface area (Å²) >= 11 is 0. The van der Waals surface area contributed by atoms with Gasteiger partial charge in [-0.15, -0.1) is 6.58 Å². The van der Waals surface area contributed by atoms with Gasteiger partial charge in [-0.3, -0.25) is 0 Å². The maximum Gasteiger partial charge on any atom is 0.243 e. The minimum absolute atomic E-state index is 0.187. The number of nitrogens with zero attached hydrogens (tertiary/aromatic N) is 2. The van der Waals surface area contributed by atoms with Crippen molar-refractivity contribution in [1.29, 1.82) is 0 Å². The first-order valence-corrected chi connectivity index (χ1v) is 8.14. The van der Waals surface area contributed by atoms with Crippen LogP contribution in [0.2, 0.25) is 0 Å². The lowest BCUT2D eigenvalue weighted by molar-refractivity contribution is -0.419. The van der Waals surface area contributed by atoms with Crippen LogP contribution >= 0.6 is 0 Å². The van der Waals surface area contributed by atoms with E-state index in [2.05, 4.69) is 6.58 Å². The van der Waals surface area contributed by atoms with Crippen LogP contribution in [-0.4, -0.2) is 43.8 Å². The molecule has 1 aromatic rings. The minimum atomic E-state index is -3.59. The molecule has 0 aromatic heterocycles. The van der Waals surface area contributed by atoms with Crippen molar-refractivity contribution in [3.63, 3.8) is 0 Å². The molecule has 0 aliphatic carbocycles. The Hall–Kier alpha value is -1.66. The second kappa shape index (κ2) is 7.38. The van der Waals surface area contributed by atoms with Crippen molar-refractivity contribution < 1.29 is 13.2 Å². The van der Waals surface area contributed by atoms with E-state index in [1.54, 1.807) is 37.3 Å². The number of hydrogen-bond acceptors (Lipinski definition) is 3. The molecule has 0 aliphatic rings.